The molecule has 1 aromatic heterocycles. The van der Waals surface area contributed by atoms with E-state index >= 15 is 8.78 Å². The number of rotatable bonds is 10. The average Bonchev–Trinajstić information content (AvgIpc) is 3.00. The zero-order valence-corrected chi connectivity index (χ0v) is 24.8. The summed E-state index contributed by atoms with van der Waals surface area (Å²) in [4.78, 5) is 48.1. The van der Waals surface area contributed by atoms with Crippen molar-refractivity contribution < 1.29 is 32.6 Å². The van der Waals surface area contributed by atoms with E-state index in [1.807, 2.05) is 6.07 Å². The molecule has 234 valence electrons. The molecule has 44 heavy (non-hydrogen) atoms. The lowest BCUT2D eigenvalue weighted by atomic mass is 10.0. The highest BCUT2D eigenvalue weighted by Crippen LogP contribution is 2.27. The summed E-state index contributed by atoms with van der Waals surface area (Å²) in [6, 6.07) is 11.9. The van der Waals surface area contributed by atoms with E-state index in [1.54, 1.807) is 68.4 Å². The fourth-order valence-corrected chi connectivity index (χ4v) is 4.54. The smallest absolute Gasteiger partial charge is 0.408 e. The molecule has 0 saturated carbocycles. The number of amides is 2. The molecule has 3 N–H and O–H groups in total. The van der Waals surface area contributed by atoms with Crippen molar-refractivity contribution in [3.05, 3.63) is 83.7 Å². The standard InChI is InChI=1S/C31H36F2N6O5/c1-31(2,3)44-28(41)23(38-30(42)43-19-20-8-5-4-6-9-20)18-36-27(40)22-10-11-24(26(33)25(22)32)39-16-12-21(13-17-39)37-29-34-14-7-15-35-29/h4-11,14-15,21,23H,12-13,16-19H2,1-3H3,(H,36,40)(H,38,42)(H,34,35,37)/t23-/m0/s1. The third-order valence-electron chi connectivity index (χ3n) is 6.70. The average molecular weight is 611 g/mol. The Hall–Kier alpha value is -4.81. The zero-order chi connectivity index (χ0) is 31.7. The van der Waals surface area contributed by atoms with E-state index < -0.39 is 53.4 Å². The van der Waals surface area contributed by atoms with Crippen molar-refractivity contribution in [3.8, 4) is 0 Å². The van der Waals surface area contributed by atoms with Crippen LogP contribution in [0.15, 0.2) is 60.9 Å². The first-order valence-corrected chi connectivity index (χ1v) is 14.2. The Morgan fingerprint density at radius 1 is 0.977 bits per heavy atom. The van der Waals surface area contributed by atoms with Crippen LogP contribution in [-0.4, -0.2) is 65.3 Å². The summed E-state index contributed by atoms with van der Waals surface area (Å²) in [7, 11) is 0. The van der Waals surface area contributed by atoms with E-state index in [9.17, 15) is 14.4 Å². The summed E-state index contributed by atoms with van der Waals surface area (Å²) in [5, 5.41) is 8.00. The van der Waals surface area contributed by atoms with Crippen LogP contribution in [0.5, 0.6) is 0 Å². The molecule has 1 aliphatic rings. The number of hydrogen-bond acceptors (Lipinski definition) is 9. The van der Waals surface area contributed by atoms with Gasteiger partial charge in [-0.2, -0.15) is 0 Å². The maximum atomic E-state index is 15.2. The minimum Gasteiger partial charge on any atom is -0.458 e. The van der Waals surface area contributed by atoms with Gasteiger partial charge in [0.25, 0.3) is 5.91 Å². The Balaban J connectivity index is 1.36. The van der Waals surface area contributed by atoms with Crippen LogP contribution in [0.25, 0.3) is 0 Å². The van der Waals surface area contributed by atoms with E-state index in [4.69, 9.17) is 9.47 Å². The van der Waals surface area contributed by atoms with Gasteiger partial charge in [-0.1, -0.05) is 30.3 Å². The molecule has 1 fully saturated rings. The lowest BCUT2D eigenvalue weighted by molar-refractivity contribution is -0.157. The zero-order valence-electron chi connectivity index (χ0n) is 24.8. The second kappa shape index (κ2) is 14.6. The van der Waals surface area contributed by atoms with Gasteiger partial charge in [0.15, 0.2) is 11.6 Å². The van der Waals surface area contributed by atoms with Crippen LogP contribution in [0.2, 0.25) is 0 Å². The minimum atomic E-state index is -1.36. The van der Waals surface area contributed by atoms with Crippen LogP contribution < -0.4 is 20.9 Å². The lowest BCUT2D eigenvalue weighted by Gasteiger charge is -2.34. The monoisotopic (exact) mass is 610 g/mol. The fourth-order valence-electron chi connectivity index (χ4n) is 4.54. The van der Waals surface area contributed by atoms with Gasteiger partial charge in [-0.25, -0.2) is 28.3 Å². The summed E-state index contributed by atoms with van der Waals surface area (Å²) in [6.07, 6.45) is 3.64. The molecule has 0 unspecified atom stereocenters. The van der Waals surface area contributed by atoms with Gasteiger partial charge in [-0.3, -0.25) is 4.79 Å². The molecule has 0 aliphatic carbocycles. The van der Waals surface area contributed by atoms with Gasteiger partial charge in [0, 0.05) is 38.1 Å². The number of esters is 1. The number of alkyl carbamates (subject to hydrolysis) is 1. The fraction of sp³-hybridized carbons (Fsp3) is 0.387. The highest BCUT2D eigenvalue weighted by molar-refractivity contribution is 5.95. The largest absolute Gasteiger partial charge is 0.458 e. The summed E-state index contributed by atoms with van der Waals surface area (Å²) in [6.45, 7) is 5.33. The molecular weight excluding hydrogens is 574 g/mol. The highest BCUT2D eigenvalue weighted by atomic mass is 19.2. The molecular formula is C31H36F2N6O5. The Morgan fingerprint density at radius 3 is 2.32 bits per heavy atom. The van der Waals surface area contributed by atoms with Crippen LogP contribution in [-0.2, 0) is 20.9 Å². The first-order chi connectivity index (χ1) is 21.0. The summed E-state index contributed by atoms with van der Waals surface area (Å²) in [5.74, 6) is -3.77. The first-order valence-electron chi connectivity index (χ1n) is 14.2. The van der Waals surface area contributed by atoms with Gasteiger partial charge in [0.05, 0.1) is 11.3 Å². The predicted octanol–water partition coefficient (Wildman–Crippen LogP) is 4.20. The molecule has 1 saturated heterocycles. The van der Waals surface area contributed by atoms with Crippen LogP contribution in [0.3, 0.4) is 0 Å². The number of anilines is 2. The van der Waals surface area contributed by atoms with Crippen LogP contribution in [0, 0.1) is 11.6 Å². The van der Waals surface area contributed by atoms with Gasteiger partial charge < -0.3 is 30.3 Å². The predicted molar refractivity (Wildman–Crippen MR) is 159 cm³/mol. The first kappa shape index (κ1) is 32.1. The molecule has 2 amide bonds. The highest BCUT2D eigenvalue weighted by Gasteiger charge is 2.30. The third kappa shape index (κ3) is 9.09. The van der Waals surface area contributed by atoms with E-state index in [0.717, 1.165) is 5.56 Å². The van der Waals surface area contributed by atoms with Crippen molar-refractivity contribution in [3.63, 3.8) is 0 Å². The van der Waals surface area contributed by atoms with Gasteiger partial charge in [0.1, 0.15) is 18.2 Å². The Labute approximate surface area is 254 Å². The normalized spacial score (nSPS) is 14.3. The Morgan fingerprint density at radius 2 is 1.66 bits per heavy atom. The van der Waals surface area contributed by atoms with E-state index in [1.165, 1.54) is 12.1 Å². The van der Waals surface area contributed by atoms with Gasteiger partial charge in [-0.05, 0) is 57.4 Å². The number of carbonyl (C=O) groups is 3. The Kier molecular flexibility index (Phi) is 10.6. The number of carbonyl (C=O) groups excluding carboxylic acids is 3. The van der Waals surface area contributed by atoms with Gasteiger partial charge >= 0.3 is 12.1 Å². The number of hydrogen-bond donors (Lipinski definition) is 3. The van der Waals surface area contributed by atoms with Crippen LogP contribution in [0.1, 0.15) is 49.5 Å². The molecule has 2 heterocycles. The molecule has 3 aromatic rings. The number of nitrogens with one attached hydrogen (secondary N) is 3. The maximum absolute atomic E-state index is 15.2. The van der Waals surface area contributed by atoms with Crippen molar-refractivity contribution in [2.24, 2.45) is 0 Å². The van der Waals surface area contributed by atoms with Crippen molar-refractivity contribution in [1.29, 1.82) is 0 Å². The molecule has 4 rings (SSSR count). The van der Waals surface area contributed by atoms with Gasteiger partial charge in [-0.15, -0.1) is 0 Å². The van der Waals surface area contributed by atoms with Crippen molar-refractivity contribution in [2.75, 3.05) is 29.9 Å². The van der Waals surface area contributed by atoms with Crippen LogP contribution in [0.4, 0.5) is 25.2 Å². The maximum Gasteiger partial charge on any atom is 0.408 e. The molecule has 1 aliphatic heterocycles. The second-order valence-electron chi connectivity index (χ2n) is 11.2. The van der Waals surface area contributed by atoms with Gasteiger partial charge in [0.2, 0.25) is 5.95 Å². The number of aromatic nitrogens is 2. The molecule has 13 heteroatoms. The lowest BCUT2D eigenvalue weighted by Crippen LogP contribution is -2.50. The number of ether oxygens (including phenoxy) is 2. The summed E-state index contributed by atoms with van der Waals surface area (Å²) in [5.41, 5.74) is -0.657. The quantitative estimate of drug-likeness (QED) is 0.289. The molecule has 11 nitrogen and oxygen atoms in total. The third-order valence-corrected chi connectivity index (χ3v) is 6.70. The van der Waals surface area contributed by atoms with E-state index in [2.05, 4.69) is 25.9 Å². The topological polar surface area (TPSA) is 135 Å². The number of benzene rings is 2. The SMILES string of the molecule is CC(C)(C)OC(=O)[C@H](CNC(=O)c1ccc(N2CCC(Nc3ncccn3)CC2)c(F)c1F)NC(=O)OCc1ccccc1. The number of nitrogens with zero attached hydrogens (tertiary/aromatic N) is 3. The molecule has 1 atom stereocenters. The molecule has 0 radical (unpaired) electrons. The van der Waals surface area contributed by atoms with Crippen molar-refractivity contribution in [2.45, 2.75) is 57.9 Å². The molecule has 0 spiro atoms. The molecule has 2 aromatic carbocycles. The summed E-state index contributed by atoms with van der Waals surface area (Å²) >= 11 is 0. The molecule has 0 bridgehead atoms. The summed E-state index contributed by atoms with van der Waals surface area (Å²) < 4.78 is 40.9. The minimum absolute atomic E-state index is 0.0444. The Bertz CT molecular complexity index is 1430. The van der Waals surface area contributed by atoms with Crippen molar-refractivity contribution in [1.82, 2.24) is 20.6 Å². The van der Waals surface area contributed by atoms with E-state index in [0.29, 0.717) is 31.9 Å². The van der Waals surface area contributed by atoms with Crippen molar-refractivity contribution >= 4 is 29.6 Å². The second-order valence-corrected chi connectivity index (χ2v) is 11.2. The number of piperidine rings is 1. The van der Waals surface area contributed by atoms with E-state index in [-0.39, 0.29) is 18.3 Å². The number of halogens is 2. The van der Waals surface area contributed by atoms with Crippen LogP contribution >= 0.6 is 0 Å².